The largest absolute Gasteiger partial charge is 0.481 e. The predicted octanol–water partition coefficient (Wildman–Crippen LogP) is 0.809. The maximum atomic E-state index is 10.6. The molecule has 5 nitrogen and oxygen atoms in total. The molecule has 0 saturated carbocycles. The Morgan fingerprint density at radius 2 is 2.50 bits per heavy atom. The van der Waals surface area contributed by atoms with Gasteiger partial charge in [-0.1, -0.05) is 11.6 Å². The van der Waals surface area contributed by atoms with Crippen LogP contribution in [0.25, 0.3) is 0 Å². The fourth-order valence-corrected chi connectivity index (χ4v) is 1.62. The maximum absolute atomic E-state index is 10.6. The van der Waals surface area contributed by atoms with Gasteiger partial charge in [-0.25, -0.2) is 0 Å². The second kappa shape index (κ2) is 4.43. The molecule has 0 spiro atoms. The monoisotopic (exact) mass is 217 g/mol. The number of carboxylic acid groups (broad SMARTS) is 1. The van der Waals surface area contributed by atoms with Crippen molar-refractivity contribution in [2.45, 2.75) is 12.5 Å². The van der Waals surface area contributed by atoms with Crippen molar-refractivity contribution < 1.29 is 9.90 Å². The molecule has 1 unspecified atom stereocenters. The number of halogens is 1. The standard InChI is InChI=1S/C8H12ClN3O2/c1-10-6(3-7(13)14)8-5(9)4-11-12(8)2/h4,6,10H,3H2,1-2H3,(H,13,14). The number of aryl methyl sites for hydroxylation is 1. The van der Waals surface area contributed by atoms with E-state index >= 15 is 0 Å². The topological polar surface area (TPSA) is 67.2 Å². The van der Waals surface area contributed by atoms with Gasteiger partial charge in [-0.3, -0.25) is 9.48 Å². The zero-order valence-corrected chi connectivity index (χ0v) is 8.75. The number of hydrogen-bond acceptors (Lipinski definition) is 3. The minimum Gasteiger partial charge on any atom is -0.481 e. The van der Waals surface area contributed by atoms with Crippen molar-refractivity contribution in [2.24, 2.45) is 7.05 Å². The summed E-state index contributed by atoms with van der Waals surface area (Å²) >= 11 is 5.89. The summed E-state index contributed by atoms with van der Waals surface area (Å²) in [7, 11) is 3.42. The average molecular weight is 218 g/mol. The number of nitrogens with zero attached hydrogens (tertiary/aromatic N) is 2. The fraction of sp³-hybridized carbons (Fsp3) is 0.500. The molecule has 0 radical (unpaired) electrons. The van der Waals surface area contributed by atoms with Crippen molar-refractivity contribution in [3.8, 4) is 0 Å². The van der Waals surface area contributed by atoms with Gasteiger partial charge < -0.3 is 10.4 Å². The van der Waals surface area contributed by atoms with E-state index < -0.39 is 5.97 Å². The molecule has 0 fully saturated rings. The van der Waals surface area contributed by atoms with Gasteiger partial charge in [0, 0.05) is 7.05 Å². The van der Waals surface area contributed by atoms with Crippen LogP contribution in [0.5, 0.6) is 0 Å². The summed E-state index contributed by atoms with van der Waals surface area (Å²) < 4.78 is 1.58. The number of aliphatic carboxylic acids is 1. The van der Waals surface area contributed by atoms with Crippen molar-refractivity contribution in [1.29, 1.82) is 0 Å². The molecular formula is C8H12ClN3O2. The molecule has 1 heterocycles. The summed E-state index contributed by atoms with van der Waals surface area (Å²) in [5.41, 5.74) is 0.691. The quantitative estimate of drug-likeness (QED) is 0.783. The molecule has 1 atom stereocenters. The van der Waals surface area contributed by atoms with Crippen molar-refractivity contribution >= 4 is 17.6 Å². The van der Waals surface area contributed by atoms with E-state index in [1.54, 1.807) is 18.8 Å². The van der Waals surface area contributed by atoms with E-state index in [0.717, 1.165) is 0 Å². The van der Waals surface area contributed by atoms with Crippen molar-refractivity contribution in [3.63, 3.8) is 0 Å². The van der Waals surface area contributed by atoms with Crippen LogP contribution in [0.2, 0.25) is 5.02 Å². The normalized spacial score (nSPS) is 12.8. The Morgan fingerprint density at radius 3 is 2.86 bits per heavy atom. The molecule has 1 rings (SSSR count). The number of nitrogens with one attached hydrogen (secondary N) is 1. The van der Waals surface area contributed by atoms with Crippen LogP contribution >= 0.6 is 11.6 Å². The molecule has 0 aromatic carbocycles. The van der Waals surface area contributed by atoms with Crippen LogP contribution in [-0.2, 0) is 11.8 Å². The third kappa shape index (κ3) is 2.24. The Hall–Kier alpha value is -1.07. The first-order valence-electron chi connectivity index (χ1n) is 4.12. The Morgan fingerprint density at radius 1 is 1.86 bits per heavy atom. The lowest BCUT2D eigenvalue weighted by atomic mass is 10.1. The molecule has 6 heteroatoms. The number of aromatic nitrogens is 2. The highest BCUT2D eigenvalue weighted by molar-refractivity contribution is 6.31. The summed E-state index contributed by atoms with van der Waals surface area (Å²) in [4.78, 5) is 10.6. The molecular weight excluding hydrogens is 206 g/mol. The minimum atomic E-state index is -0.874. The first-order valence-corrected chi connectivity index (χ1v) is 4.50. The van der Waals surface area contributed by atoms with Gasteiger partial charge in [0.05, 0.1) is 29.4 Å². The highest BCUT2D eigenvalue weighted by Crippen LogP contribution is 2.23. The summed E-state index contributed by atoms with van der Waals surface area (Å²) in [6.07, 6.45) is 1.48. The zero-order valence-electron chi connectivity index (χ0n) is 7.99. The third-order valence-electron chi connectivity index (χ3n) is 1.99. The van der Waals surface area contributed by atoms with Gasteiger partial charge in [-0.05, 0) is 7.05 Å². The molecule has 0 bridgehead atoms. The Labute approximate surface area is 86.7 Å². The molecule has 0 aliphatic rings. The van der Waals surface area contributed by atoms with Crippen molar-refractivity contribution in [2.75, 3.05) is 7.05 Å². The summed E-state index contributed by atoms with van der Waals surface area (Å²) in [6.45, 7) is 0. The lowest BCUT2D eigenvalue weighted by molar-refractivity contribution is -0.137. The van der Waals surface area contributed by atoms with Gasteiger partial charge in [0.1, 0.15) is 0 Å². The van der Waals surface area contributed by atoms with Crippen molar-refractivity contribution in [1.82, 2.24) is 15.1 Å². The number of carbonyl (C=O) groups is 1. The number of hydrogen-bond donors (Lipinski definition) is 2. The van der Waals surface area contributed by atoms with Crippen LogP contribution in [0.3, 0.4) is 0 Å². The second-order valence-electron chi connectivity index (χ2n) is 2.94. The molecule has 1 aromatic rings. The third-order valence-corrected chi connectivity index (χ3v) is 2.29. The van der Waals surface area contributed by atoms with E-state index in [4.69, 9.17) is 16.7 Å². The van der Waals surface area contributed by atoms with E-state index in [0.29, 0.717) is 10.7 Å². The minimum absolute atomic E-state index is 0.0181. The SMILES string of the molecule is CNC(CC(=O)O)c1c(Cl)cnn1C. The van der Waals surface area contributed by atoms with Gasteiger partial charge in [0.25, 0.3) is 0 Å². The second-order valence-corrected chi connectivity index (χ2v) is 3.35. The van der Waals surface area contributed by atoms with Gasteiger partial charge in [0.15, 0.2) is 0 Å². The van der Waals surface area contributed by atoms with Gasteiger partial charge >= 0.3 is 5.97 Å². The Bertz CT molecular complexity index is 318. The molecule has 14 heavy (non-hydrogen) atoms. The van der Waals surface area contributed by atoms with E-state index in [9.17, 15) is 4.79 Å². The van der Waals surface area contributed by atoms with Gasteiger partial charge in [-0.2, -0.15) is 5.10 Å². The predicted molar refractivity (Wildman–Crippen MR) is 52.3 cm³/mol. The molecule has 78 valence electrons. The lowest BCUT2D eigenvalue weighted by Gasteiger charge is -2.14. The summed E-state index contributed by atoms with van der Waals surface area (Å²) in [6, 6.07) is -0.313. The fourth-order valence-electron chi connectivity index (χ4n) is 1.32. The molecule has 0 aliphatic heterocycles. The summed E-state index contributed by atoms with van der Waals surface area (Å²) in [5, 5.41) is 16.0. The number of carboxylic acids is 1. The van der Waals surface area contributed by atoms with E-state index in [1.165, 1.54) is 6.20 Å². The Kier molecular flexibility index (Phi) is 3.49. The van der Waals surface area contributed by atoms with Crippen LogP contribution in [-0.4, -0.2) is 27.9 Å². The molecule has 0 aliphatic carbocycles. The van der Waals surface area contributed by atoms with Crippen LogP contribution in [0.1, 0.15) is 18.2 Å². The van der Waals surface area contributed by atoms with Gasteiger partial charge in [-0.15, -0.1) is 0 Å². The van der Waals surface area contributed by atoms with Crippen LogP contribution in [0.15, 0.2) is 6.20 Å². The van der Waals surface area contributed by atoms with E-state index in [1.807, 2.05) is 0 Å². The lowest BCUT2D eigenvalue weighted by Crippen LogP contribution is -2.22. The van der Waals surface area contributed by atoms with Crippen molar-refractivity contribution in [3.05, 3.63) is 16.9 Å². The molecule has 2 N–H and O–H groups in total. The molecule has 0 amide bonds. The van der Waals surface area contributed by atoms with E-state index in [2.05, 4.69) is 10.4 Å². The summed E-state index contributed by atoms with van der Waals surface area (Å²) in [5.74, 6) is -0.874. The number of rotatable bonds is 4. The van der Waals surface area contributed by atoms with E-state index in [-0.39, 0.29) is 12.5 Å². The average Bonchev–Trinajstić information content (AvgIpc) is 2.43. The maximum Gasteiger partial charge on any atom is 0.305 e. The zero-order chi connectivity index (χ0) is 10.7. The Balaban J connectivity index is 2.94. The smallest absolute Gasteiger partial charge is 0.305 e. The van der Waals surface area contributed by atoms with Crippen LogP contribution in [0.4, 0.5) is 0 Å². The van der Waals surface area contributed by atoms with Crippen LogP contribution < -0.4 is 5.32 Å². The van der Waals surface area contributed by atoms with Crippen LogP contribution in [0, 0.1) is 0 Å². The molecule has 1 aromatic heterocycles. The first kappa shape index (κ1) is 11.0. The van der Waals surface area contributed by atoms with Gasteiger partial charge in [0.2, 0.25) is 0 Å². The first-order chi connectivity index (χ1) is 6.56. The molecule has 0 saturated heterocycles. The highest BCUT2D eigenvalue weighted by Gasteiger charge is 2.19. The highest BCUT2D eigenvalue weighted by atomic mass is 35.5.